The van der Waals surface area contributed by atoms with Crippen LogP contribution in [-0.4, -0.2) is 43.0 Å². The maximum Gasteiger partial charge on any atom is 0.257 e. The summed E-state index contributed by atoms with van der Waals surface area (Å²) >= 11 is 0. The highest BCUT2D eigenvalue weighted by molar-refractivity contribution is 6.04. The van der Waals surface area contributed by atoms with E-state index in [1.54, 1.807) is 12.4 Å². The maximum absolute atomic E-state index is 12.5. The van der Waals surface area contributed by atoms with E-state index in [4.69, 9.17) is 9.47 Å². The Kier molecular flexibility index (Phi) is 4.61. The molecule has 0 saturated carbocycles. The highest BCUT2D eigenvalue weighted by atomic mass is 16.7. The fourth-order valence-electron chi connectivity index (χ4n) is 3.46. The molecule has 1 spiro atoms. The second kappa shape index (κ2) is 7.05. The molecule has 2 fully saturated rings. The average molecular weight is 353 g/mol. The number of rotatable bonds is 3. The first kappa shape index (κ1) is 17.0. The Morgan fingerprint density at radius 1 is 1.12 bits per heavy atom. The highest BCUT2D eigenvalue weighted by Gasteiger charge is 2.39. The van der Waals surface area contributed by atoms with E-state index >= 15 is 0 Å². The molecule has 2 aliphatic heterocycles. The number of carbonyl (C=O) groups is 1. The highest BCUT2D eigenvalue weighted by Crippen LogP contribution is 2.33. The van der Waals surface area contributed by atoms with Crippen molar-refractivity contribution in [1.82, 2.24) is 4.98 Å². The maximum atomic E-state index is 12.5. The number of pyridine rings is 1. The number of hydrogen-bond donors (Lipinski definition) is 1. The van der Waals surface area contributed by atoms with Crippen molar-refractivity contribution in [2.75, 3.05) is 36.5 Å². The van der Waals surface area contributed by atoms with Crippen LogP contribution in [0.15, 0.2) is 42.7 Å². The van der Waals surface area contributed by atoms with Crippen molar-refractivity contribution in [3.8, 4) is 0 Å². The smallest absolute Gasteiger partial charge is 0.257 e. The molecule has 1 N–H and O–H groups in total. The minimum Gasteiger partial charge on any atom is -0.370 e. The summed E-state index contributed by atoms with van der Waals surface area (Å²) in [5.41, 5.74) is 3.44. The summed E-state index contributed by atoms with van der Waals surface area (Å²) in [6.07, 6.45) is 5.05. The molecule has 1 aromatic carbocycles. The minimum atomic E-state index is -0.398. The van der Waals surface area contributed by atoms with Crippen molar-refractivity contribution in [3.05, 3.63) is 53.9 Å². The molecule has 4 rings (SSSR count). The van der Waals surface area contributed by atoms with E-state index in [9.17, 15) is 4.79 Å². The number of benzene rings is 1. The normalized spacial score (nSPS) is 18.9. The van der Waals surface area contributed by atoms with E-state index in [1.807, 2.05) is 37.3 Å². The van der Waals surface area contributed by atoms with Crippen LogP contribution in [0.3, 0.4) is 0 Å². The Morgan fingerprint density at radius 2 is 1.81 bits per heavy atom. The van der Waals surface area contributed by atoms with Gasteiger partial charge in [0.1, 0.15) is 0 Å². The fourth-order valence-corrected chi connectivity index (χ4v) is 3.46. The Hall–Kier alpha value is -2.44. The Morgan fingerprint density at radius 3 is 2.50 bits per heavy atom. The summed E-state index contributed by atoms with van der Waals surface area (Å²) in [6, 6.07) is 9.64. The second-order valence-corrected chi connectivity index (χ2v) is 6.85. The summed E-state index contributed by atoms with van der Waals surface area (Å²) in [4.78, 5) is 19.0. The van der Waals surface area contributed by atoms with Crippen molar-refractivity contribution in [2.45, 2.75) is 25.6 Å². The van der Waals surface area contributed by atoms with Crippen molar-refractivity contribution >= 4 is 17.3 Å². The van der Waals surface area contributed by atoms with Gasteiger partial charge in [0.05, 0.1) is 30.7 Å². The molecule has 6 heteroatoms. The quantitative estimate of drug-likeness (QED) is 0.919. The number of amides is 1. The van der Waals surface area contributed by atoms with E-state index in [-0.39, 0.29) is 5.91 Å². The molecule has 0 atom stereocenters. The average Bonchev–Trinajstić information content (AvgIpc) is 3.12. The molecule has 1 amide bonds. The van der Waals surface area contributed by atoms with Gasteiger partial charge in [-0.05, 0) is 25.1 Å². The first-order chi connectivity index (χ1) is 12.6. The van der Waals surface area contributed by atoms with Gasteiger partial charge in [-0.25, -0.2) is 0 Å². The second-order valence-electron chi connectivity index (χ2n) is 6.85. The summed E-state index contributed by atoms with van der Waals surface area (Å²) in [7, 11) is 0. The Labute approximate surface area is 153 Å². The van der Waals surface area contributed by atoms with Crippen molar-refractivity contribution < 1.29 is 14.3 Å². The number of hydrogen-bond acceptors (Lipinski definition) is 5. The predicted octanol–water partition coefficient (Wildman–Crippen LogP) is 2.99. The lowest BCUT2D eigenvalue weighted by Crippen LogP contribution is -2.45. The molecule has 2 aliphatic rings. The number of nitrogens with one attached hydrogen (secondary N) is 1. The topological polar surface area (TPSA) is 63.7 Å². The monoisotopic (exact) mass is 353 g/mol. The van der Waals surface area contributed by atoms with Crippen LogP contribution in [0.5, 0.6) is 0 Å². The number of piperidine rings is 1. The van der Waals surface area contributed by atoms with Crippen LogP contribution in [0.4, 0.5) is 11.4 Å². The molecule has 2 saturated heterocycles. The van der Waals surface area contributed by atoms with E-state index in [0.717, 1.165) is 42.9 Å². The van der Waals surface area contributed by atoms with Crippen LogP contribution < -0.4 is 10.2 Å². The van der Waals surface area contributed by atoms with Gasteiger partial charge in [0.15, 0.2) is 5.79 Å². The van der Waals surface area contributed by atoms with E-state index in [0.29, 0.717) is 18.8 Å². The zero-order valence-electron chi connectivity index (χ0n) is 14.9. The zero-order valence-corrected chi connectivity index (χ0v) is 14.9. The standard InChI is InChI=1S/C20H23N3O3/c1-15-2-4-17(5-3-15)22-19(24)16-12-18(14-21-13-16)23-8-6-20(7-9-23)25-10-11-26-20/h2-5,12-14H,6-11H2,1H3,(H,22,24). The number of ether oxygens (including phenoxy) is 2. The van der Waals surface area contributed by atoms with E-state index in [1.165, 1.54) is 0 Å². The first-order valence-corrected chi connectivity index (χ1v) is 9.00. The van der Waals surface area contributed by atoms with Crippen LogP contribution in [-0.2, 0) is 9.47 Å². The molecule has 136 valence electrons. The van der Waals surface area contributed by atoms with Gasteiger partial charge in [-0.1, -0.05) is 17.7 Å². The Balaban J connectivity index is 1.43. The summed E-state index contributed by atoms with van der Waals surface area (Å²) in [5.74, 6) is -0.552. The van der Waals surface area contributed by atoms with Crippen LogP contribution in [0, 0.1) is 6.92 Å². The number of carbonyl (C=O) groups excluding carboxylic acids is 1. The van der Waals surface area contributed by atoms with Crippen LogP contribution in [0.2, 0.25) is 0 Å². The molecule has 6 nitrogen and oxygen atoms in total. The minimum absolute atomic E-state index is 0.154. The molecular weight excluding hydrogens is 330 g/mol. The van der Waals surface area contributed by atoms with Gasteiger partial charge in [-0.15, -0.1) is 0 Å². The summed E-state index contributed by atoms with van der Waals surface area (Å²) in [5, 5.41) is 2.92. The summed E-state index contributed by atoms with van der Waals surface area (Å²) in [6.45, 7) is 5.02. The molecular formula is C20H23N3O3. The van der Waals surface area contributed by atoms with Gasteiger partial charge in [-0.2, -0.15) is 0 Å². The number of nitrogens with zero attached hydrogens (tertiary/aromatic N) is 2. The Bertz CT molecular complexity index is 775. The number of aromatic nitrogens is 1. The first-order valence-electron chi connectivity index (χ1n) is 9.00. The molecule has 3 heterocycles. The molecule has 26 heavy (non-hydrogen) atoms. The van der Waals surface area contributed by atoms with Gasteiger partial charge in [0, 0.05) is 37.8 Å². The third-order valence-corrected chi connectivity index (χ3v) is 5.00. The van der Waals surface area contributed by atoms with Gasteiger partial charge >= 0.3 is 0 Å². The van der Waals surface area contributed by atoms with Crippen molar-refractivity contribution in [2.24, 2.45) is 0 Å². The van der Waals surface area contributed by atoms with Gasteiger partial charge < -0.3 is 19.7 Å². The van der Waals surface area contributed by atoms with Gasteiger partial charge in [0.2, 0.25) is 0 Å². The molecule has 0 aliphatic carbocycles. The third-order valence-electron chi connectivity index (χ3n) is 5.00. The van der Waals surface area contributed by atoms with E-state index < -0.39 is 5.79 Å². The SMILES string of the molecule is Cc1ccc(NC(=O)c2cncc(N3CCC4(CC3)OCCO4)c2)cc1. The summed E-state index contributed by atoms with van der Waals surface area (Å²) < 4.78 is 11.5. The lowest BCUT2D eigenvalue weighted by atomic mass is 10.0. The lowest BCUT2D eigenvalue weighted by molar-refractivity contribution is -0.169. The lowest BCUT2D eigenvalue weighted by Gasteiger charge is -2.38. The molecule has 0 radical (unpaired) electrons. The van der Waals surface area contributed by atoms with Crippen LogP contribution in [0.25, 0.3) is 0 Å². The fraction of sp³-hybridized carbons (Fsp3) is 0.400. The van der Waals surface area contributed by atoms with E-state index in [2.05, 4.69) is 15.2 Å². The largest absolute Gasteiger partial charge is 0.370 e. The molecule has 0 unspecified atom stereocenters. The number of anilines is 2. The molecule has 2 aromatic rings. The van der Waals surface area contributed by atoms with Crippen molar-refractivity contribution in [1.29, 1.82) is 0 Å². The zero-order chi connectivity index (χ0) is 18.0. The number of aryl methyl sites for hydroxylation is 1. The third kappa shape index (κ3) is 3.57. The molecule has 1 aromatic heterocycles. The predicted molar refractivity (Wildman–Crippen MR) is 99.5 cm³/mol. The van der Waals surface area contributed by atoms with Crippen molar-refractivity contribution in [3.63, 3.8) is 0 Å². The van der Waals surface area contributed by atoms with Gasteiger partial charge in [0.25, 0.3) is 5.91 Å². The van der Waals surface area contributed by atoms with Crippen LogP contribution >= 0.6 is 0 Å². The molecule has 0 bridgehead atoms. The van der Waals surface area contributed by atoms with Crippen LogP contribution in [0.1, 0.15) is 28.8 Å². The van der Waals surface area contributed by atoms with Gasteiger partial charge in [-0.3, -0.25) is 9.78 Å².